The van der Waals surface area contributed by atoms with E-state index in [1.165, 1.54) is 0 Å². The number of nitrogens with zero attached hydrogens (tertiary/aromatic N) is 1. The third kappa shape index (κ3) is 12.2. The van der Waals surface area contributed by atoms with Gasteiger partial charge in [0.25, 0.3) is 0 Å². The van der Waals surface area contributed by atoms with Crippen LogP contribution in [0.1, 0.15) is 0 Å². The molecule has 0 bridgehead atoms. The molecule has 7 heteroatoms. The van der Waals surface area contributed by atoms with Crippen LogP contribution in [0.15, 0.2) is 0 Å². The van der Waals surface area contributed by atoms with Crippen LogP contribution >= 0.6 is 27.9 Å². The molecule has 0 atom stereocenters. The standard InChI is InChI=1S/C3H8N3.3ClH.Ti/c1-4-2-6-3-5-1;;;;/h4-5H,1-3H2;3*1H;/q-1;;;;+4/p-3. The van der Waals surface area contributed by atoms with Crippen molar-refractivity contribution < 1.29 is 14.7 Å². The monoisotopic (exact) mass is 239 g/mol. The normalized spacial score (nSPS) is 17.1. The van der Waals surface area contributed by atoms with E-state index < -0.39 is 14.7 Å². The molecule has 1 fully saturated rings. The molecule has 0 unspecified atom stereocenters. The summed E-state index contributed by atoms with van der Waals surface area (Å²) in [4.78, 5) is 0. The molecule has 1 aliphatic heterocycles. The summed E-state index contributed by atoms with van der Waals surface area (Å²) in [6.07, 6.45) is 0. The number of hydrogen-bond donors (Lipinski definition) is 2. The fourth-order valence-electron chi connectivity index (χ4n) is 0.414. The molecule has 2 N–H and O–H groups in total. The predicted molar refractivity (Wildman–Crippen MR) is 41.8 cm³/mol. The van der Waals surface area contributed by atoms with Crippen molar-refractivity contribution >= 4 is 27.9 Å². The van der Waals surface area contributed by atoms with Crippen LogP contribution in [0, 0.1) is 0 Å². The Balaban J connectivity index is 0.000000180. The first-order valence-electron chi connectivity index (χ1n) is 2.61. The molecule has 1 aliphatic rings. The summed E-state index contributed by atoms with van der Waals surface area (Å²) in [6, 6.07) is 0. The van der Waals surface area contributed by atoms with E-state index in [1.807, 2.05) is 0 Å². The van der Waals surface area contributed by atoms with Gasteiger partial charge in [0.2, 0.25) is 0 Å². The Bertz CT molecular complexity index is 55.7. The summed E-state index contributed by atoms with van der Waals surface area (Å²) in [7, 11) is 14.9. The van der Waals surface area contributed by atoms with Gasteiger partial charge in [-0.25, -0.2) is 0 Å². The minimum absolute atomic E-state index is 0.812. The quantitative estimate of drug-likeness (QED) is 0.630. The van der Waals surface area contributed by atoms with Gasteiger partial charge in [0.05, 0.1) is 0 Å². The Kier molecular flexibility index (Phi) is 9.81. The van der Waals surface area contributed by atoms with Crippen LogP contribution in [-0.4, -0.2) is 20.0 Å². The molecule has 0 saturated carbocycles. The Morgan fingerprint density at radius 2 is 1.50 bits per heavy atom. The zero-order valence-electron chi connectivity index (χ0n) is 5.20. The number of halogens is 3. The SMILES string of the molecule is C1[N-]CNCN1.[Cl][Ti+]([Cl])[Cl]. The van der Waals surface area contributed by atoms with Crippen molar-refractivity contribution in [1.29, 1.82) is 0 Å². The first kappa shape index (κ1) is 11.5. The molecule has 0 aliphatic carbocycles. The molecule has 1 rings (SSSR count). The maximum absolute atomic E-state index is 4.97. The third-order valence-electron chi connectivity index (χ3n) is 0.697. The van der Waals surface area contributed by atoms with Crippen LogP contribution < -0.4 is 10.6 Å². The molecule has 3 nitrogen and oxygen atoms in total. The summed E-state index contributed by atoms with van der Waals surface area (Å²) in [6.45, 7) is 2.53. The van der Waals surface area contributed by atoms with Gasteiger partial charge in [-0.2, -0.15) is 0 Å². The average Bonchev–Trinajstić information content (AvgIpc) is 1.90. The molecule has 0 spiro atoms. The van der Waals surface area contributed by atoms with Crippen molar-refractivity contribution in [3.8, 4) is 0 Å². The van der Waals surface area contributed by atoms with E-state index in [9.17, 15) is 0 Å². The molecule has 0 aromatic carbocycles. The van der Waals surface area contributed by atoms with Crippen LogP contribution in [0.4, 0.5) is 0 Å². The molecular formula is C3H8Cl3N3Ti. The Morgan fingerprint density at radius 1 is 1.10 bits per heavy atom. The van der Waals surface area contributed by atoms with Gasteiger partial charge in [0, 0.05) is 6.67 Å². The van der Waals surface area contributed by atoms with Crippen LogP contribution in [0.25, 0.3) is 5.32 Å². The van der Waals surface area contributed by atoms with Gasteiger partial charge in [0.1, 0.15) is 0 Å². The van der Waals surface area contributed by atoms with E-state index >= 15 is 0 Å². The van der Waals surface area contributed by atoms with Crippen molar-refractivity contribution in [2.24, 2.45) is 0 Å². The summed E-state index contributed by atoms with van der Waals surface area (Å²) in [5.74, 6) is 0. The van der Waals surface area contributed by atoms with Crippen molar-refractivity contribution in [3.05, 3.63) is 5.32 Å². The van der Waals surface area contributed by atoms with Crippen LogP contribution in [0.3, 0.4) is 0 Å². The van der Waals surface area contributed by atoms with E-state index in [0.717, 1.165) is 20.0 Å². The third-order valence-corrected chi connectivity index (χ3v) is 0.697. The summed E-state index contributed by atoms with van der Waals surface area (Å²) >= 11 is -1.92. The molecular weight excluding hydrogens is 232 g/mol. The predicted octanol–water partition coefficient (Wildman–Crippen LogP) is 1.49. The van der Waals surface area contributed by atoms with Crippen LogP contribution in [0.2, 0.25) is 0 Å². The second-order valence-electron chi connectivity index (χ2n) is 1.43. The molecule has 0 aromatic rings. The minimum atomic E-state index is -1.92. The molecule has 0 aromatic heterocycles. The van der Waals surface area contributed by atoms with Gasteiger partial charge >= 0.3 is 42.6 Å². The fourth-order valence-corrected chi connectivity index (χ4v) is 0.414. The van der Waals surface area contributed by atoms with Crippen LogP contribution in [0.5, 0.6) is 0 Å². The topological polar surface area (TPSA) is 38.2 Å². The van der Waals surface area contributed by atoms with Gasteiger partial charge in [-0.3, -0.25) is 0 Å². The van der Waals surface area contributed by atoms with E-state index in [4.69, 9.17) is 27.9 Å². The van der Waals surface area contributed by atoms with Gasteiger partial charge < -0.3 is 16.0 Å². The Hall–Kier alpha value is 1.46. The zero-order chi connectivity index (χ0) is 7.82. The van der Waals surface area contributed by atoms with E-state index in [0.29, 0.717) is 0 Å². The molecule has 1 heterocycles. The average molecular weight is 240 g/mol. The second-order valence-corrected chi connectivity index (χ2v) is 9.17. The first-order valence-corrected chi connectivity index (χ1v) is 9.06. The Labute approximate surface area is 78.2 Å². The molecule has 10 heavy (non-hydrogen) atoms. The second kappa shape index (κ2) is 8.56. The van der Waals surface area contributed by atoms with Gasteiger partial charge in [-0.1, -0.05) is 13.3 Å². The molecule has 0 amide bonds. The fraction of sp³-hybridized carbons (Fsp3) is 1.00. The summed E-state index contributed by atoms with van der Waals surface area (Å²) in [5, 5.41) is 9.97. The van der Waals surface area contributed by atoms with Crippen molar-refractivity contribution in [1.82, 2.24) is 10.6 Å². The number of rotatable bonds is 0. The zero-order valence-corrected chi connectivity index (χ0v) is 9.03. The van der Waals surface area contributed by atoms with Crippen LogP contribution in [-0.2, 0) is 14.7 Å². The molecule has 60 valence electrons. The van der Waals surface area contributed by atoms with Crippen molar-refractivity contribution in [2.45, 2.75) is 0 Å². The molecule has 1 saturated heterocycles. The van der Waals surface area contributed by atoms with Crippen molar-refractivity contribution in [2.75, 3.05) is 20.0 Å². The summed E-state index contributed by atoms with van der Waals surface area (Å²) < 4.78 is 0. The number of nitrogens with one attached hydrogen (secondary N) is 2. The van der Waals surface area contributed by atoms with Gasteiger partial charge in [-0.15, -0.1) is 0 Å². The van der Waals surface area contributed by atoms with E-state index in [2.05, 4.69) is 16.0 Å². The van der Waals surface area contributed by atoms with Gasteiger partial charge in [0.15, 0.2) is 0 Å². The number of hydrogen-bond acceptors (Lipinski definition) is 2. The van der Waals surface area contributed by atoms with E-state index in [-0.39, 0.29) is 0 Å². The molecule has 0 radical (unpaired) electrons. The first-order chi connectivity index (χ1) is 4.73. The Morgan fingerprint density at radius 3 is 1.60 bits per heavy atom. The van der Waals surface area contributed by atoms with Gasteiger partial charge in [-0.05, 0) is 0 Å². The maximum atomic E-state index is 4.97. The van der Waals surface area contributed by atoms with E-state index in [1.54, 1.807) is 0 Å². The summed E-state index contributed by atoms with van der Waals surface area (Å²) in [5.41, 5.74) is 0. The van der Waals surface area contributed by atoms with Crippen molar-refractivity contribution in [3.63, 3.8) is 0 Å².